The van der Waals surface area contributed by atoms with Gasteiger partial charge >= 0.3 is 0 Å². The van der Waals surface area contributed by atoms with Crippen LogP contribution in [-0.2, 0) is 6.54 Å². The molecule has 3 heteroatoms. The Labute approximate surface area is 102 Å². The van der Waals surface area contributed by atoms with Crippen LogP contribution in [0.5, 0.6) is 5.75 Å². The van der Waals surface area contributed by atoms with Gasteiger partial charge in [0, 0.05) is 24.6 Å². The van der Waals surface area contributed by atoms with Crippen molar-refractivity contribution >= 4 is 11.8 Å². The van der Waals surface area contributed by atoms with Crippen LogP contribution < -0.4 is 10.1 Å². The molecule has 1 aromatic carbocycles. The van der Waals surface area contributed by atoms with E-state index in [9.17, 15) is 0 Å². The van der Waals surface area contributed by atoms with Gasteiger partial charge in [0.2, 0.25) is 0 Å². The monoisotopic (exact) mass is 237 g/mol. The van der Waals surface area contributed by atoms with Gasteiger partial charge in [0.25, 0.3) is 0 Å². The lowest BCUT2D eigenvalue weighted by Gasteiger charge is -2.05. The van der Waals surface area contributed by atoms with E-state index in [-0.39, 0.29) is 0 Å². The van der Waals surface area contributed by atoms with E-state index in [1.165, 1.54) is 5.56 Å². The van der Waals surface area contributed by atoms with Gasteiger partial charge in [0.15, 0.2) is 0 Å². The molecule has 2 nitrogen and oxygen atoms in total. The first kappa shape index (κ1) is 13.1. The zero-order chi connectivity index (χ0) is 11.6. The van der Waals surface area contributed by atoms with Crippen LogP contribution in [0.2, 0.25) is 0 Å². The van der Waals surface area contributed by atoms with E-state index < -0.39 is 0 Å². The number of hydrogen-bond donors (Lipinski definition) is 1. The molecule has 0 bridgehead atoms. The van der Waals surface area contributed by atoms with E-state index >= 15 is 0 Å². The number of nitrogens with one attached hydrogen (secondary N) is 1. The Bertz CT molecular complexity index is 297. The second kappa shape index (κ2) is 8.25. The van der Waals surface area contributed by atoms with E-state index in [0.29, 0.717) is 0 Å². The molecule has 0 heterocycles. The first-order valence-corrected chi connectivity index (χ1v) is 6.54. The van der Waals surface area contributed by atoms with Crippen molar-refractivity contribution in [2.75, 3.05) is 25.2 Å². The number of hydrogen-bond acceptors (Lipinski definition) is 3. The summed E-state index contributed by atoms with van der Waals surface area (Å²) in [7, 11) is 1.68. The topological polar surface area (TPSA) is 21.3 Å². The summed E-state index contributed by atoms with van der Waals surface area (Å²) >= 11 is 1.89. The molecule has 16 heavy (non-hydrogen) atoms. The predicted molar refractivity (Wildman–Crippen MR) is 72.2 cm³/mol. The lowest BCUT2D eigenvalue weighted by Crippen LogP contribution is -2.16. The Kier molecular flexibility index (Phi) is 6.77. The zero-order valence-electron chi connectivity index (χ0n) is 9.74. The Morgan fingerprint density at radius 3 is 2.75 bits per heavy atom. The molecule has 0 atom stereocenters. The third kappa shape index (κ3) is 5.24. The summed E-state index contributed by atoms with van der Waals surface area (Å²) < 4.78 is 5.11. The molecule has 0 saturated heterocycles. The van der Waals surface area contributed by atoms with Crippen molar-refractivity contribution in [2.45, 2.75) is 6.54 Å². The summed E-state index contributed by atoms with van der Waals surface area (Å²) in [6.45, 7) is 5.64. The average Bonchev–Trinajstić information content (AvgIpc) is 2.34. The van der Waals surface area contributed by atoms with Crippen LogP contribution in [0.25, 0.3) is 0 Å². The zero-order valence-corrected chi connectivity index (χ0v) is 10.6. The van der Waals surface area contributed by atoms with Gasteiger partial charge in [-0.05, 0) is 17.7 Å². The Hall–Kier alpha value is -0.930. The van der Waals surface area contributed by atoms with Gasteiger partial charge in [0.05, 0.1) is 7.11 Å². The largest absolute Gasteiger partial charge is 0.497 e. The van der Waals surface area contributed by atoms with Gasteiger partial charge in [-0.1, -0.05) is 18.2 Å². The molecular weight excluding hydrogens is 218 g/mol. The SMILES string of the molecule is C=CCSCCNCc1ccc(OC)cc1. The highest BCUT2D eigenvalue weighted by molar-refractivity contribution is 7.99. The molecule has 0 aliphatic carbocycles. The summed E-state index contributed by atoms with van der Waals surface area (Å²) in [6, 6.07) is 8.15. The highest BCUT2D eigenvalue weighted by Gasteiger charge is 1.94. The van der Waals surface area contributed by atoms with Crippen molar-refractivity contribution in [2.24, 2.45) is 0 Å². The normalized spacial score (nSPS) is 10.1. The van der Waals surface area contributed by atoms with Crippen LogP contribution in [0, 0.1) is 0 Å². The molecule has 1 rings (SSSR count). The summed E-state index contributed by atoms with van der Waals surface area (Å²) in [5.74, 6) is 3.07. The van der Waals surface area contributed by atoms with Crippen molar-refractivity contribution in [3.05, 3.63) is 42.5 Å². The summed E-state index contributed by atoms with van der Waals surface area (Å²) in [5.41, 5.74) is 1.29. The van der Waals surface area contributed by atoms with E-state index in [1.54, 1.807) is 7.11 Å². The molecule has 0 fully saturated rings. The van der Waals surface area contributed by atoms with Crippen LogP contribution in [0.3, 0.4) is 0 Å². The maximum Gasteiger partial charge on any atom is 0.118 e. The number of rotatable bonds is 8. The van der Waals surface area contributed by atoms with Crippen molar-refractivity contribution in [3.8, 4) is 5.75 Å². The smallest absolute Gasteiger partial charge is 0.118 e. The Balaban J connectivity index is 2.14. The number of benzene rings is 1. The fourth-order valence-corrected chi connectivity index (χ4v) is 1.91. The molecule has 0 amide bonds. The van der Waals surface area contributed by atoms with Crippen LogP contribution in [0.15, 0.2) is 36.9 Å². The first-order chi connectivity index (χ1) is 7.86. The minimum Gasteiger partial charge on any atom is -0.497 e. The highest BCUT2D eigenvalue weighted by atomic mass is 32.2. The second-order valence-electron chi connectivity index (χ2n) is 3.39. The van der Waals surface area contributed by atoms with E-state index in [1.807, 2.05) is 30.0 Å². The summed E-state index contributed by atoms with van der Waals surface area (Å²) in [6.07, 6.45) is 1.94. The first-order valence-electron chi connectivity index (χ1n) is 5.39. The van der Waals surface area contributed by atoms with Gasteiger partial charge in [0.1, 0.15) is 5.75 Å². The van der Waals surface area contributed by atoms with Crippen molar-refractivity contribution in [1.29, 1.82) is 0 Å². The van der Waals surface area contributed by atoms with E-state index in [4.69, 9.17) is 4.74 Å². The minimum absolute atomic E-state index is 0.908. The Morgan fingerprint density at radius 2 is 2.12 bits per heavy atom. The predicted octanol–water partition coefficient (Wildman–Crippen LogP) is 2.70. The fraction of sp³-hybridized carbons (Fsp3) is 0.385. The average molecular weight is 237 g/mol. The number of ether oxygens (including phenoxy) is 1. The lowest BCUT2D eigenvalue weighted by atomic mass is 10.2. The van der Waals surface area contributed by atoms with Crippen molar-refractivity contribution in [3.63, 3.8) is 0 Å². The second-order valence-corrected chi connectivity index (χ2v) is 4.54. The van der Waals surface area contributed by atoms with Crippen molar-refractivity contribution < 1.29 is 4.74 Å². The summed E-state index contributed by atoms with van der Waals surface area (Å²) in [5, 5.41) is 3.40. The van der Waals surface area contributed by atoms with Crippen molar-refractivity contribution in [1.82, 2.24) is 5.32 Å². The summed E-state index contributed by atoms with van der Waals surface area (Å²) in [4.78, 5) is 0. The third-order valence-electron chi connectivity index (χ3n) is 2.15. The van der Waals surface area contributed by atoms with Gasteiger partial charge in [-0.2, -0.15) is 11.8 Å². The standard InChI is InChI=1S/C13H19NOS/c1-3-9-16-10-8-14-11-12-4-6-13(15-2)7-5-12/h3-7,14H,1,8-11H2,2H3. The van der Waals surface area contributed by atoms with E-state index in [2.05, 4.69) is 24.0 Å². The molecule has 0 aliphatic rings. The van der Waals surface area contributed by atoms with Crippen LogP contribution in [-0.4, -0.2) is 25.2 Å². The maximum atomic E-state index is 5.11. The van der Waals surface area contributed by atoms with Crippen LogP contribution >= 0.6 is 11.8 Å². The number of thioether (sulfide) groups is 1. The molecule has 0 aromatic heterocycles. The molecule has 0 unspecified atom stereocenters. The molecule has 0 saturated carbocycles. The van der Waals surface area contributed by atoms with Gasteiger partial charge in [-0.15, -0.1) is 6.58 Å². The molecule has 1 N–H and O–H groups in total. The highest BCUT2D eigenvalue weighted by Crippen LogP contribution is 2.10. The molecule has 1 aromatic rings. The molecular formula is C13H19NOS. The number of methoxy groups -OCH3 is 1. The maximum absolute atomic E-state index is 5.11. The molecule has 88 valence electrons. The van der Waals surface area contributed by atoms with E-state index in [0.717, 1.165) is 30.3 Å². The van der Waals surface area contributed by atoms with Crippen LogP contribution in [0.4, 0.5) is 0 Å². The van der Waals surface area contributed by atoms with Gasteiger partial charge in [-0.25, -0.2) is 0 Å². The quantitative estimate of drug-likeness (QED) is 0.555. The lowest BCUT2D eigenvalue weighted by molar-refractivity contribution is 0.414. The third-order valence-corrected chi connectivity index (χ3v) is 3.11. The van der Waals surface area contributed by atoms with Gasteiger partial charge in [-0.3, -0.25) is 0 Å². The van der Waals surface area contributed by atoms with Crippen LogP contribution in [0.1, 0.15) is 5.56 Å². The minimum atomic E-state index is 0.908. The van der Waals surface area contributed by atoms with Gasteiger partial charge < -0.3 is 10.1 Å². The fourth-order valence-electron chi connectivity index (χ4n) is 1.29. The molecule has 0 aliphatic heterocycles. The Morgan fingerprint density at radius 1 is 1.38 bits per heavy atom. The molecule has 0 spiro atoms. The molecule has 0 radical (unpaired) electrons.